The van der Waals surface area contributed by atoms with Crippen LogP contribution < -0.4 is 0 Å². The van der Waals surface area contributed by atoms with E-state index in [4.69, 9.17) is 0 Å². The summed E-state index contributed by atoms with van der Waals surface area (Å²) in [5.41, 5.74) is -3.14. The molecule has 1 saturated heterocycles. The molecule has 0 N–H and O–H groups in total. The van der Waals surface area contributed by atoms with Gasteiger partial charge < -0.3 is 4.90 Å². The van der Waals surface area contributed by atoms with E-state index < -0.39 is 43.2 Å². The van der Waals surface area contributed by atoms with Crippen LogP contribution in [0.3, 0.4) is 0 Å². The Morgan fingerprint density at radius 1 is 1.22 bits per heavy atom. The van der Waals surface area contributed by atoms with Crippen molar-refractivity contribution >= 4 is 5.91 Å². The van der Waals surface area contributed by atoms with Crippen molar-refractivity contribution in [2.75, 3.05) is 13.1 Å². The van der Waals surface area contributed by atoms with E-state index in [1.54, 1.807) is 12.1 Å². The highest BCUT2D eigenvalue weighted by molar-refractivity contribution is 5.76. The van der Waals surface area contributed by atoms with Gasteiger partial charge in [-0.2, -0.15) is 26.3 Å². The van der Waals surface area contributed by atoms with Gasteiger partial charge in [0.05, 0.1) is 0 Å². The molecule has 0 unspecified atom stereocenters. The minimum atomic E-state index is -5.44. The molecule has 0 bridgehead atoms. The van der Waals surface area contributed by atoms with Crippen molar-refractivity contribution in [3.63, 3.8) is 0 Å². The number of aromatic nitrogens is 1. The smallest absolute Gasteiger partial charge is 0.341 e. The maximum atomic E-state index is 12.9. The molecule has 0 atom stereocenters. The molecule has 0 aromatic carbocycles. The van der Waals surface area contributed by atoms with Crippen LogP contribution in [-0.2, 0) is 11.2 Å². The van der Waals surface area contributed by atoms with Crippen LogP contribution in [0.4, 0.5) is 26.3 Å². The second-order valence-electron chi connectivity index (χ2n) is 5.50. The first kappa shape index (κ1) is 17.6. The Kier molecular flexibility index (Phi) is 4.59. The van der Waals surface area contributed by atoms with Crippen molar-refractivity contribution in [1.82, 2.24) is 9.88 Å². The Labute approximate surface area is 128 Å². The molecule has 1 aliphatic rings. The van der Waals surface area contributed by atoms with E-state index in [0.29, 0.717) is 10.5 Å². The lowest BCUT2D eigenvalue weighted by molar-refractivity contribution is -0.334. The normalized spacial score (nSPS) is 18.3. The molecule has 2 rings (SSSR count). The van der Waals surface area contributed by atoms with E-state index in [9.17, 15) is 31.1 Å². The molecule has 1 aromatic heterocycles. The highest BCUT2D eigenvalue weighted by Gasteiger charge is 2.72. The SMILES string of the molecule is O=C(CCc1cccnc1)N1CCC(C(F)(F)F)(C(F)(F)F)C1. The van der Waals surface area contributed by atoms with Crippen LogP contribution in [0.2, 0.25) is 0 Å². The van der Waals surface area contributed by atoms with Gasteiger partial charge in [-0.05, 0) is 24.5 Å². The number of carbonyl (C=O) groups excluding carboxylic acids is 1. The Hall–Kier alpha value is -1.80. The largest absolute Gasteiger partial charge is 0.404 e. The lowest BCUT2D eigenvalue weighted by atomic mass is 9.85. The van der Waals surface area contributed by atoms with Crippen molar-refractivity contribution in [1.29, 1.82) is 0 Å². The summed E-state index contributed by atoms with van der Waals surface area (Å²) in [6, 6.07) is 3.31. The van der Waals surface area contributed by atoms with Crippen molar-refractivity contribution in [2.45, 2.75) is 31.6 Å². The summed E-state index contributed by atoms with van der Waals surface area (Å²) in [5.74, 6) is -0.718. The standard InChI is InChI=1S/C14H14F6N2O/c15-13(16,17)12(14(18,19)20)5-7-22(9-12)11(23)4-3-10-2-1-6-21-8-10/h1-2,6,8H,3-5,7,9H2. The number of nitrogens with zero attached hydrogens (tertiary/aromatic N) is 2. The van der Waals surface area contributed by atoms with Gasteiger partial charge in [0.25, 0.3) is 0 Å². The van der Waals surface area contributed by atoms with Crippen molar-refractivity contribution < 1.29 is 31.1 Å². The van der Waals surface area contributed by atoms with Gasteiger partial charge in [-0.3, -0.25) is 9.78 Å². The average molecular weight is 340 g/mol. The average Bonchev–Trinajstić information content (AvgIpc) is 2.92. The molecule has 128 valence electrons. The molecule has 1 aromatic rings. The number of alkyl halides is 6. The lowest BCUT2D eigenvalue weighted by Gasteiger charge is -2.33. The van der Waals surface area contributed by atoms with Gasteiger partial charge >= 0.3 is 12.4 Å². The highest BCUT2D eigenvalue weighted by Crippen LogP contribution is 2.55. The molecule has 0 radical (unpaired) electrons. The molecule has 0 aliphatic carbocycles. The monoisotopic (exact) mass is 340 g/mol. The molecule has 9 heteroatoms. The van der Waals surface area contributed by atoms with Crippen LogP contribution in [-0.4, -0.2) is 41.2 Å². The topological polar surface area (TPSA) is 33.2 Å². The van der Waals surface area contributed by atoms with Crippen molar-refractivity contribution in [2.24, 2.45) is 5.41 Å². The zero-order valence-electron chi connectivity index (χ0n) is 11.9. The van der Waals surface area contributed by atoms with E-state index in [2.05, 4.69) is 4.98 Å². The fourth-order valence-electron chi connectivity index (χ4n) is 2.60. The second-order valence-corrected chi connectivity index (χ2v) is 5.50. The van der Waals surface area contributed by atoms with E-state index in [-0.39, 0.29) is 12.8 Å². The Balaban J connectivity index is 2.04. The molecule has 1 aliphatic heterocycles. The number of rotatable bonds is 3. The summed E-state index contributed by atoms with van der Waals surface area (Å²) in [4.78, 5) is 16.4. The summed E-state index contributed by atoms with van der Waals surface area (Å²) in [5, 5.41) is 0. The summed E-state index contributed by atoms with van der Waals surface area (Å²) < 4.78 is 77.6. The first-order chi connectivity index (χ1) is 10.6. The van der Waals surface area contributed by atoms with Crippen LogP contribution in [0.15, 0.2) is 24.5 Å². The summed E-state index contributed by atoms with van der Waals surface area (Å²) in [6.45, 7) is -1.92. The Bertz CT molecular complexity index is 541. The van der Waals surface area contributed by atoms with Gasteiger partial charge in [0.2, 0.25) is 5.91 Å². The van der Waals surface area contributed by atoms with Crippen LogP contribution >= 0.6 is 0 Å². The number of hydrogen-bond donors (Lipinski definition) is 0. The predicted molar refractivity (Wildman–Crippen MR) is 68.3 cm³/mol. The van der Waals surface area contributed by atoms with Crippen LogP contribution in [0, 0.1) is 5.41 Å². The molecule has 1 amide bonds. The summed E-state index contributed by atoms with van der Waals surface area (Å²) in [6.07, 6.45) is -8.96. The molecule has 23 heavy (non-hydrogen) atoms. The van der Waals surface area contributed by atoms with E-state index in [1.165, 1.54) is 12.4 Å². The third-order valence-corrected chi connectivity index (χ3v) is 4.06. The third kappa shape index (κ3) is 3.42. The second kappa shape index (κ2) is 6.01. The first-order valence-electron chi connectivity index (χ1n) is 6.87. The minimum Gasteiger partial charge on any atom is -0.341 e. The molecular weight excluding hydrogens is 326 g/mol. The van der Waals surface area contributed by atoms with Gasteiger partial charge in [0.15, 0.2) is 5.41 Å². The van der Waals surface area contributed by atoms with Gasteiger partial charge in [-0.1, -0.05) is 6.07 Å². The van der Waals surface area contributed by atoms with E-state index in [1.807, 2.05) is 0 Å². The maximum absolute atomic E-state index is 12.9. The number of likely N-dealkylation sites (tertiary alicyclic amines) is 1. The van der Waals surface area contributed by atoms with Gasteiger partial charge in [0.1, 0.15) is 0 Å². The number of amides is 1. The van der Waals surface area contributed by atoms with Crippen LogP contribution in [0.1, 0.15) is 18.4 Å². The van der Waals surface area contributed by atoms with Gasteiger partial charge in [0, 0.05) is 31.9 Å². The van der Waals surface area contributed by atoms with Gasteiger partial charge in [-0.25, -0.2) is 0 Å². The number of pyridine rings is 1. The molecule has 0 spiro atoms. The van der Waals surface area contributed by atoms with E-state index in [0.717, 1.165) is 0 Å². The number of hydrogen-bond acceptors (Lipinski definition) is 2. The van der Waals surface area contributed by atoms with Crippen LogP contribution in [0.5, 0.6) is 0 Å². The molecule has 3 nitrogen and oxygen atoms in total. The number of aryl methyl sites for hydroxylation is 1. The maximum Gasteiger partial charge on any atom is 0.404 e. The molecule has 0 saturated carbocycles. The fraction of sp³-hybridized carbons (Fsp3) is 0.571. The minimum absolute atomic E-state index is 0.155. The highest BCUT2D eigenvalue weighted by atomic mass is 19.4. The van der Waals surface area contributed by atoms with Gasteiger partial charge in [-0.15, -0.1) is 0 Å². The zero-order chi connectivity index (χ0) is 17.3. The quantitative estimate of drug-likeness (QED) is 0.791. The number of carbonyl (C=O) groups is 1. The molecule has 2 heterocycles. The lowest BCUT2D eigenvalue weighted by Crippen LogP contribution is -2.52. The van der Waals surface area contributed by atoms with Crippen molar-refractivity contribution in [3.05, 3.63) is 30.1 Å². The fourth-order valence-corrected chi connectivity index (χ4v) is 2.60. The van der Waals surface area contributed by atoms with Crippen LogP contribution in [0.25, 0.3) is 0 Å². The molecular formula is C14H14F6N2O. The van der Waals surface area contributed by atoms with E-state index >= 15 is 0 Å². The zero-order valence-corrected chi connectivity index (χ0v) is 11.9. The van der Waals surface area contributed by atoms with Crippen molar-refractivity contribution in [3.8, 4) is 0 Å². The third-order valence-electron chi connectivity index (χ3n) is 4.06. The number of halogens is 6. The summed E-state index contributed by atoms with van der Waals surface area (Å²) >= 11 is 0. The predicted octanol–water partition coefficient (Wildman–Crippen LogP) is 3.36. The molecule has 1 fully saturated rings. The Morgan fingerprint density at radius 3 is 2.35 bits per heavy atom. The first-order valence-corrected chi connectivity index (χ1v) is 6.87. The summed E-state index contributed by atoms with van der Waals surface area (Å²) in [7, 11) is 0. The Morgan fingerprint density at radius 2 is 1.87 bits per heavy atom.